The first-order chi connectivity index (χ1) is 16.7. The quantitative estimate of drug-likeness (QED) is 0.405. The summed E-state index contributed by atoms with van der Waals surface area (Å²) in [6.07, 6.45) is -2.24. The predicted octanol–water partition coefficient (Wildman–Crippen LogP) is 5.02. The van der Waals surface area contributed by atoms with Crippen molar-refractivity contribution in [1.82, 2.24) is 19.7 Å². The first-order valence-corrected chi connectivity index (χ1v) is 10.2. The molecule has 0 unspecified atom stereocenters. The summed E-state index contributed by atoms with van der Waals surface area (Å²) in [5, 5.41) is 15.4. The van der Waals surface area contributed by atoms with E-state index in [1.54, 1.807) is 30.3 Å². The molecule has 0 fully saturated rings. The Hall–Kier alpha value is -4.59. The second-order valence-electron chi connectivity index (χ2n) is 7.45. The van der Waals surface area contributed by atoms with E-state index in [2.05, 4.69) is 20.4 Å². The fourth-order valence-electron chi connectivity index (χ4n) is 3.42. The highest BCUT2D eigenvalue weighted by molar-refractivity contribution is 6.06. The summed E-state index contributed by atoms with van der Waals surface area (Å²) in [6, 6.07) is 13.0. The molecule has 11 heteroatoms. The molecule has 176 valence electrons. The highest BCUT2D eigenvalue weighted by Crippen LogP contribution is 2.38. The molecule has 0 radical (unpaired) electrons. The molecule has 4 rings (SSSR count). The molecule has 2 heterocycles. The van der Waals surface area contributed by atoms with Gasteiger partial charge in [0.1, 0.15) is 11.6 Å². The molecule has 0 saturated carbocycles. The largest absolute Gasteiger partial charge is 0.417 e. The van der Waals surface area contributed by atoms with E-state index in [1.807, 2.05) is 6.07 Å². The number of amides is 1. The minimum Gasteiger partial charge on any atom is -0.319 e. The first-order valence-electron chi connectivity index (χ1n) is 10.2. The van der Waals surface area contributed by atoms with Gasteiger partial charge in [0, 0.05) is 24.4 Å². The Morgan fingerprint density at radius 2 is 1.91 bits per heavy atom. The van der Waals surface area contributed by atoms with Crippen molar-refractivity contribution in [1.29, 1.82) is 5.26 Å². The third-order valence-electron chi connectivity index (χ3n) is 5.02. The lowest BCUT2D eigenvalue weighted by Crippen LogP contribution is -2.17. The average molecular weight is 480 g/mol. The molecule has 35 heavy (non-hydrogen) atoms. The number of carbonyl (C=O) groups is 1. The maximum absolute atomic E-state index is 14.8. The molecule has 0 bridgehead atoms. The minimum atomic E-state index is -4.87. The molecular weight excluding hydrogens is 464 g/mol. The number of aromatic nitrogens is 4. The maximum atomic E-state index is 14.8. The van der Waals surface area contributed by atoms with Gasteiger partial charge >= 0.3 is 6.18 Å². The monoisotopic (exact) mass is 480 g/mol. The lowest BCUT2D eigenvalue weighted by molar-refractivity contribution is -0.137. The zero-order chi connectivity index (χ0) is 25.2. The fraction of sp³-hybridized carbons (Fsp3) is 0.125. The standard InChI is InChI=1S/C24H16F4N6O/c1-34-10-8-19(33-34)15-11-16(18(25)12-17(15)24(26,27)28)23(35)31-20-13-30-21(7-9-29)32-22(20)14-5-3-2-4-6-14/h2-6,8,10-13H,7H2,1H3,(H,31,35). The number of alkyl halides is 3. The molecule has 2 aromatic carbocycles. The number of nitrogens with zero attached hydrogens (tertiary/aromatic N) is 5. The number of halogens is 4. The predicted molar refractivity (Wildman–Crippen MR) is 118 cm³/mol. The van der Waals surface area contributed by atoms with Crippen molar-refractivity contribution in [2.24, 2.45) is 7.05 Å². The summed E-state index contributed by atoms with van der Waals surface area (Å²) in [4.78, 5) is 21.4. The lowest BCUT2D eigenvalue weighted by atomic mass is 9.99. The van der Waals surface area contributed by atoms with Crippen molar-refractivity contribution in [3.05, 3.63) is 83.7 Å². The van der Waals surface area contributed by atoms with Gasteiger partial charge in [-0.1, -0.05) is 30.3 Å². The van der Waals surface area contributed by atoms with Gasteiger partial charge in [0.05, 0.1) is 46.9 Å². The smallest absolute Gasteiger partial charge is 0.319 e. The maximum Gasteiger partial charge on any atom is 0.417 e. The van der Waals surface area contributed by atoms with Gasteiger partial charge in [-0.2, -0.15) is 23.5 Å². The van der Waals surface area contributed by atoms with Crippen molar-refractivity contribution in [3.8, 4) is 28.6 Å². The van der Waals surface area contributed by atoms with E-state index in [0.717, 1.165) is 6.07 Å². The van der Waals surface area contributed by atoms with Gasteiger partial charge in [-0.15, -0.1) is 0 Å². The van der Waals surface area contributed by atoms with Crippen molar-refractivity contribution in [2.75, 3.05) is 5.32 Å². The number of nitrogens with one attached hydrogen (secondary N) is 1. The Morgan fingerprint density at radius 1 is 1.17 bits per heavy atom. The number of anilines is 1. The van der Waals surface area contributed by atoms with Crippen LogP contribution in [0, 0.1) is 17.1 Å². The van der Waals surface area contributed by atoms with Gasteiger partial charge in [-0.25, -0.2) is 14.4 Å². The van der Waals surface area contributed by atoms with E-state index in [1.165, 1.54) is 30.2 Å². The summed E-state index contributed by atoms with van der Waals surface area (Å²) in [7, 11) is 1.52. The molecule has 0 atom stereocenters. The number of nitriles is 1. The molecular formula is C24H16F4N6O. The van der Waals surface area contributed by atoms with Crippen LogP contribution in [-0.4, -0.2) is 25.7 Å². The number of hydrogen-bond donors (Lipinski definition) is 1. The van der Waals surface area contributed by atoms with Crippen LogP contribution in [0.5, 0.6) is 0 Å². The molecule has 1 amide bonds. The van der Waals surface area contributed by atoms with Crippen molar-refractivity contribution < 1.29 is 22.4 Å². The van der Waals surface area contributed by atoms with E-state index >= 15 is 0 Å². The lowest BCUT2D eigenvalue weighted by Gasteiger charge is -2.15. The van der Waals surface area contributed by atoms with E-state index in [9.17, 15) is 22.4 Å². The third-order valence-corrected chi connectivity index (χ3v) is 5.02. The Balaban J connectivity index is 1.78. The Bertz CT molecular complexity index is 1440. The summed E-state index contributed by atoms with van der Waals surface area (Å²) in [6.45, 7) is 0. The Kier molecular flexibility index (Phi) is 6.29. The third kappa shape index (κ3) is 5.01. The van der Waals surface area contributed by atoms with E-state index in [-0.39, 0.29) is 35.4 Å². The zero-order valence-electron chi connectivity index (χ0n) is 18.1. The average Bonchev–Trinajstić information content (AvgIpc) is 3.26. The number of benzene rings is 2. The van der Waals surface area contributed by atoms with Crippen molar-refractivity contribution >= 4 is 11.6 Å². The molecule has 2 aromatic heterocycles. The zero-order valence-corrected chi connectivity index (χ0v) is 18.1. The topological polar surface area (TPSA) is 96.5 Å². The van der Waals surface area contributed by atoms with Crippen molar-refractivity contribution in [3.63, 3.8) is 0 Å². The number of rotatable bonds is 5. The van der Waals surface area contributed by atoms with Gasteiger partial charge in [-0.3, -0.25) is 9.48 Å². The molecule has 0 saturated heterocycles. The van der Waals surface area contributed by atoms with E-state index < -0.39 is 34.6 Å². The number of carbonyl (C=O) groups excluding carboxylic acids is 1. The fourth-order valence-corrected chi connectivity index (χ4v) is 3.42. The molecule has 4 aromatic rings. The molecule has 0 aliphatic carbocycles. The van der Waals surface area contributed by atoms with Gasteiger partial charge in [0.25, 0.3) is 5.91 Å². The van der Waals surface area contributed by atoms with Crippen molar-refractivity contribution in [2.45, 2.75) is 12.6 Å². The summed E-state index contributed by atoms with van der Waals surface area (Å²) in [5.41, 5.74) is -1.40. The highest BCUT2D eigenvalue weighted by atomic mass is 19.4. The van der Waals surface area contributed by atoms with Crippen LogP contribution in [0.2, 0.25) is 0 Å². The Morgan fingerprint density at radius 3 is 2.54 bits per heavy atom. The van der Waals surface area contributed by atoms with Crippen LogP contribution in [0.4, 0.5) is 23.2 Å². The normalized spacial score (nSPS) is 11.2. The van der Waals surface area contributed by atoms with E-state index in [4.69, 9.17) is 5.26 Å². The number of aryl methyl sites for hydroxylation is 1. The molecule has 1 N–H and O–H groups in total. The summed E-state index contributed by atoms with van der Waals surface area (Å²) in [5.74, 6) is -2.14. The van der Waals surface area contributed by atoms with Gasteiger partial charge in [0.15, 0.2) is 0 Å². The van der Waals surface area contributed by atoms with Gasteiger partial charge in [0.2, 0.25) is 0 Å². The SMILES string of the molecule is Cn1ccc(-c2cc(C(=O)Nc3cnc(CC#N)nc3-c3ccccc3)c(F)cc2C(F)(F)F)n1. The molecule has 0 aliphatic heterocycles. The molecule has 7 nitrogen and oxygen atoms in total. The van der Waals surface area contributed by atoms with Crippen LogP contribution in [0.25, 0.3) is 22.5 Å². The summed E-state index contributed by atoms with van der Waals surface area (Å²) >= 11 is 0. The van der Waals surface area contributed by atoms with Crippen LogP contribution in [0.3, 0.4) is 0 Å². The van der Waals surface area contributed by atoms with Crippen LogP contribution in [0.15, 0.2) is 60.9 Å². The molecule has 0 spiro atoms. The van der Waals surface area contributed by atoms with Crippen LogP contribution in [0.1, 0.15) is 21.7 Å². The second kappa shape index (κ2) is 9.34. The minimum absolute atomic E-state index is 0.0666. The highest BCUT2D eigenvalue weighted by Gasteiger charge is 2.36. The number of hydrogen-bond acceptors (Lipinski definition) is 5. The van der Waals surface area contributed by atoms with Crippen LogP contribution in [-0.2, 0) is 19.6 Å². The van der Waals surface area contributed by atoms with Crippen LogP contribution >= 0.6 is 0 Å². The van der Waals surface area contributed by atoms with Gasteiger partial charge in [-0.05, 0) is 18.2 Å². The Labute approximate surface area is 196 Å². The van der Waals surface area contributed by atoms with Gasteiger partial charge < -0.3 is 5.32 Å². The second-order valence-corrected chi connectivity index (χ2v) is 7.45. The van der Waals surface area contributed by atoms with Crippen LogP contribution < -0.4 is 5.32 Å². The molecule has 0 aliphatic rings. The first kappa shape index (κ1) is 23.6. The van der Waals surface area contributed by atoms with E-state index in [0.29, 0.717) is 5.56 Å². The summed E-state index contributed by atoms with van der Waals surface area (Å²) < 4.78 is 56.9.